The third-order valence-electron chi connectivity index (χ3n) is 5.81. The molecule has 134 valence electrons. The minimum atomic E-state index is -0.120. The SMILES string of the molecule is CCC(C)n1nccc1NC(=O)NCC1(N2CCCC2)CCCC1. The van der Waals surface area contributed by atoms with E-state index in [-0.39, 0.29) is 17.6 Å². The molecule has 0 spiro atoms. The molecule has 1 aliphatic heterocycles. The summed E-state index contributed by atoms with van der Waals surface area (Å²) in [5, 5.41) is 10.4. The molecule has 1 saturated carbocycles. The first kappa shape index (κ1) is 17.3. The normalized spacial score (nSPS) is 21.8. The largest absolute Gasteiger partial charge is 0.336 e. The van der Waals surface area contributed by atoms with E-state index in [0.717, 1.165) is 18.8 Å². The lowest BCUT2D eigenvalue weighted by molar-refractivity contribution is 0.122. The highest BCUT2D eigenvalue weighted by atomic mass is 16.2. The monoisotopic (exact) mass is 333 g/mol. The van der Waals surface area contributed by atoms with Crippen LogP contribution in [0.1, 0.15) is 64.8 Å². The van der Waals surface area contributed by atoms with Gasteiger partial charge in [-0.3, -0.25) is 10.2 Å². The lowest BCUT2D eigenvalue weighted by Crippen LogP contribution is -2.53. The predicted molar refractivity (Wildman–Crippen MR) is 96.3 cm³/mol. The van der Waals surface area contributed by atoms with E-state index in [1.165, 1.54) is 51.6 Å². The molecule has 3 rings (SSSR count). The number of hydrogen-bond acceptors (Lipinski definition) is 3. The summed E-state index contributed by atoms with van der Waals surface area (Å²) in [4.78, 5) is 15.0. The Balaban J connectivity index is 1.58. The number of carbonyl (C=O) groups excluding carboxylic acids is 1. The van der Waals surface area contributed by atoms with E-state index in [4.69, 9.17) is 0 Å². The number of aromatic nitrogens is 2. The van der Waals surface area contributed by atoms with Gasteiger partial charge in [0.25, 0.3) is 0 Å². The fraction of sp³-hybridized carbons (Fsp3) is 0.778. The van der Waals surface area contributed by atoms with Crippen molar-refractivity contribution in [1.29, 1.82) is 0 Å². The number of urea groups is 1. The Morgan fingerprint density at radius 2 is 2.00 bits per heavy atom. The third-order valence-corrected chi connectivity index (χ3v) is 5.81. The Morgan fingerprint density at radius 1 is 1.29 bits per heavy atom. The zero-order chi connectivity index (χ0) is 17.0. The Labute approximate surface area is 145 Å². The minimum Gasteiger partial charge on any atom is -0.336 e. The molecule has 1 saturated heterocycles. The van der Waals surface area contributed by atoms with E-state index in [1.807, 2.05) is 10.7 Å². The fourth-order valence-electron chi connectivity index (χ4n) is 4.17. The molecule has 1 unspecified atom stereocenters. The van der Waals surface area contributed by atoms with E-state index in [0.29, 0.717) is 0 Å². The molecule has 0 aromatic carbocycles. The van der Waals surface area contributed by atoms with Gasteiger partial charge in [-0.05, 0) is 52.1 Å². The molecule has 6 heteroatoms. The molecule has 1 aromatic rings. The van der Waals surface area contributed by atoms with Crippen LogP contribution < -0.4 is 10.6 Å². The van der Waals surface area contributed by atoms with Crippen molar-refractivity contribution in [2.75, 3.05) is 25.0 Å². The number of hydrogen-bond donors (Lipinski definition) is 2. The number of nitrogens with one attached hydrogen (secondary N) is 2. The van der Waals surface area contributed by atoms with Gasteiger partial charge in [0.05, 0.1) is 12.2 Å². The highest BCUT2D eigenvalue weighted by Gasteiger charge is 2.40. The second-order valence-electron chi connectivity index (χ2n) is 7.35. The van der Waals surface area contributed by atoms with E-state index in [9.17, 15) is 4.79 Å². The van der Waals surface area contributed by atoms with Crippen molar-refractivity contribution in [2.45, 2.75) is 70.4 Å². The van der Waals surface area contributed by atoms with Crippen LogP contribution in [0, 0.1) is 0 Å². The molecule has 1 atom stereocenters. The van der Waals surface area contributed by atoms with Crippen LogP contribution in [0.25, 0.3) is 0 Å². The summed E-state index contributed by atoms with van der Waals surface area (Å²) >= 11 is 0. The molecule has 1 aromatic heterocycles. The van der Waals surface area contributed by atoms with Crippen molar-refractivity contribution >= 4 is 11.8 Å². The molecular weight excluding hydrogens is 302 g/mol. The molecule has 2 amide bonds. The van der Waals surface area contributed by atoms with Gasteiger partial charge < -0.3 is 5.32 Å². The summed E-state index contributed by atoms with van der Waals surface area (Å²) in [7, 11) is 0. The molecule has 1 aliphatic carbocycles. The van der Waals surface area contributed by atoms with Crippen LogP contribution in [0.5, 0.6) is 0 Å². The van der Waals surface area contributed by atoms with Gasteiger partial charge in [0.2, 0.25) is 0 Å². The van der Waals surface area contributed by atoms with Crippen molar-refractivity contribution in [2.24, 2.45) is 0 Å². The number of nitrogens with zero attached hydrogens (tertiary/aromatic N) is 3. The highest BCUT2D eigenvalue weighted by Crippen LogP contribution is 2.36. The Kier molecular flexibility index (Phi) is 5.43. The first-order valence-corrected chi connectivity index (χ1v) is 9.48. The molecule has 24 heavy (non-hydrogen) atoms. The zero-order valence-electron chi connectivity index (χ0n) is 15.1. The maximum atomic E-state index is 12.4. The second kappa shape index (κ2) is 7.55. The molecule has 2 N–H and O–H groups in total. The van der Waals surface area contributed by atoms with E-state index < -0.39 is 0 Å². The van der Waals surface area contributed by atoms with E-state index in [1.54, 1.807) is 6.20 Å². The van der Waals surface area contributed by atoms with Crippen LogP contribution in [0.3, 0.4) is 0 Å². The van der Waals surface area contributed by atoms with Crippen LogP contribution in [0.2, 0.25) is 0 Å². The van der Waals surface area contributed by atoms with Gasteiger partial charge in [0, 0.05) is 18.2 Å². The van der Waals surface area contributed by atoms with Crippen molar-refractivity contribution in [3.05, 3.63) is 12.3 Å². The third kappa shape index (κ3) is 3.58. The van der Waals surface area contributed by atoms with Crippen LogP contribution in [0.15, 0.2) is 12.3 Å². The molecule has 6 nitrogen and oxygen atoms in total. The summed E-state index contributed by atoms with van der Waals surface area (Å²) in [5.41, 5.74) is 0.185. The smallest absolute Gasteiger partial charge is 0.320 e. The van der Waals surface area contributed by atoms with Crippen LogP contribution in [0.4, 0.5) is 10.6 Å². The van der Waals surface area contributed by atoms with Gasteiger partial charge in [-0.15, -0.1) is 0 Å². The van der Waals surface area contributed by atoms with Crippen molar-refractivity contribution in [1.82, 2.24) is 20.0 Å². The molecule has 2 fully saturated rings. The maximum Gasteiger partial charge on any atom is 0.320 e. The van der Waals surface area contributed by atoms with Gasteiger partial charge in [-0.25, -0.2) is 9.48 Å². The first-order chi connectivity index (χ1) is 11.6. The molecule has 0 radical (unpaired) electrons. The molecular formula is C18H31N5O. The number of anilines is 1. The summed E-state index contributed by atoms with van der Waals surface area (Å²) < 4.78 is 1.88. The quantitative estimate of drug-likeness (QED) is 0.839. The van der Waals surface area contributed by atoms with E-state index in [2.05, 4.69) is 34.5 Å². The standard InChI is InChI=1S/C18H31N5O/c1-3-15(2)23-16(8-11-20-23)21-17(24)19-14-18(9-4-5-10-18)22-12-6-7-13-22/h8,11,15H,3-7,9-10,12-14H2,1-2H3,(H2,19,21,24). The van der Waals surface area contributed by atoms with Gasteiger partial charge in [-0.2, -0.15) is 5.10 Å². The van der Waals surface area contributed by atoms with E-state index >= 15 is 0 Å². The van der Waals surface area contributed by atoms with Gasteiger partial charge in [0.1, 0.15) is 5.82 Å². The lowest BCUT2D eigenvalue weighted by Gasteiger charge is -2.39. The molecule has 2 heterocycles. The maximum absolute atomic E-state index is 12.4. The number of likely N-dealkylation sites (tertiary alicyclic amines) is 1. The summed E-state index contributed by atoms with van der Waals surface area (Å²) in [6.07, 6.45) is 10.3. The van der Waals surface area contributed by atoms with Crippen molar-refractivity contribution in [3.8, 4) is 0 Å². The Morgan fingerprint density at radius 3 is 2.67 bits per heavy atom. The van der Waals surface area contributed by atoms with Crippen molar-refractivity contribution < 1.29 is 4.79 Å². The highest BCUT2D eigenvalue weighted by molar-refractivity contribution is 5.88. The first-order valence-electron chi connectivity index (χ1n) is 9.48. The second-order valence-corrected chi connectivity index (χ2v) is 7.35. The average Bonchev–Trinajstić information content (AvgIpc) is 3.32. The van der Waals surface area contributed by atoms with Gasteiger partial charge in [0.15, 0.2) is 0 Å². The van der Waals surface area contributed by atoms with Crippen molar-refractivity contribution in [3.63, 3.8) is 0 Å². The number of carbonyl (C=O) groups is 1. The average molecular weight is 333 g/mol. The fourth-order valence-corrected chi connectivity index (χ4v) is 4.17. The summed E-state index contributed by atoms with van der Waals surface area (Å²) in [5.74, 6) is 0.767. The Hall–Kier alpha value is -1.56. The van der Waals surface area contributed by atoms with Crippen LogP contribution >= 0.6 is 0 Å². The molecule has 2 aliphatic rings. The van der Waals surface area contributed by atoms with Crippen LogP contribution in [-0.4, -0.2) is 45.9 Å². The zero-order valence-corrected chi connectivity index (χ0v) is 15.1. The topological polar surface area (TPSA) is 62.2 Å². The van der Waals surface area contributed by atoms with Crippen LogP contribution in [-0.2, 0) is 0 Å². The predicted octanol–water partition coefficient (Wildman–Crippen LogP) is 3.38. The minimum absolute atomic E-state index is 0.120. The summed E-state index contributed by atoms with van der Waals surface area (Å²) in [6, 6.07) is 2.02. The number of rotatable bonds is 6. The van der Waals surface area contributed by atoms with Gasteiger partial charge in [-0.1, -0.05) is 19.8 Å². The summed E-state index contributed by atoms with van der Waals surface area (Å²) in [6.45, 7) is 7.34. The number of amides is 2. The molecule has 0 bridgehead atoms. The Bertz CT molecular complexity index is 543. The lowest BCUT2D eigenvalue weighted by atomic mass is 9.95. The van der Waals surface area contributed by atoms with Gasteiger partial charge >= 0.3 is 6.03 Å².